The molecule has 1 atom stereocenters. The maximum absolute atomic E-state index is 10.2. The Kier molecular flexibility index (Phi) is 2.26. The lowest BCUT2D eigenvalue weighted by Crippen LogP contribution is -2.14. The van der Waals surface area contributed by atoms with Gasteiger partial charge in [0.1, 0.15) is 6.29 Å². The minimum atomic E-state index is 0.301. The zero-order chi connectivity index (χ0) is 6.69. The van der Waals surface area contributed by atoms with Gasteiger partial charge in [0.05, 0.1) is 0 Å². The summed E-state index contributed by atoms with van der Waals surface area (Å²) in [5.41, 5.74) is 0. The van der Waals surface area contributed by atoms with Crippen LogP contribution >= 0.6 is 0 Å². The number of carbonyl (C=O) groups is 1. The van der Waals surface area contributed by atoms with Gasteiger partial charge in [0, 0.05) is 5.92 Å². The molecule has 1 heteroatoms. The molecule has 1 rings (SSSR count). The van der Waals surface area contributed by atoms with Gasteiger partial charge in [0.2, 0.25) is 0 Å². The van der Waals surface area contributed by atoms with Crippen LogP contribution in [0.4, 0.5) is 0 Å². The van der Waals surface area contributed by atoms with Gasteiger partial charge in [-0.05, 0) is 12.3 Å². The number of hydrogen-bond donors (Lipinski definition) is 0. The van der Waals surface area contributed by atoms with Crippen LogP contribution in [-0.2, 0) is 4.79 Å². The molecule has 0 radical (unpaired) electrons. The summed E-state index contributed by atoms with van der Waals surface area (Å²) in [7, 11) is 0. The second-order valence-corrected chi connectivity index (χ2v) is 3.15. The molecule has 0 heterocycles. The van der Waals surface area contributed by atoms with E-state index in [2.05, 4.69) is 0 Å². The van der Waals surface area contributed by atoms with Gasteiger partial charge in [-0.2, -0.15) is 0 Å². The first kappa shape index (κ1) is 6.79. The summed E-state index contributed by atoms with van der Waals surface area (Å²) < 4.78 is 0. The van der Waals surface area contributed by atoms with E-state index in [1.54, 1.807) is 0 Å². The highest BCUT2D eigenvalue weighted by atomic mass is 16.1. The third kappa shape index (κ3) is 1.81. The smallest absolute Gasteiger partial charge is 0.122 e. The summed E-state index contributed by atoms with van der Waals surface area (Å²) in [6.45, 7) is 2.01. The normalized spacial score (nSPS) is 22.8. The third-order valence-corrected chi connectivity index (χ3v) is 2.16. The molecule has 1 saturated carbocycles. The van der Waals surface area contributed by atoms with Crippen molar-refractivity contribution in [1.29, 1.82) is 0 Å². The Morgan fingerprint density at radius 1 is 1.67 bits per heavy atom. The second-order valence-electron chi connectivity index (χ2n) is 3.15. The molecule has 0 aliphatic heterocycles. The van der Waals surface area contributed by atoms with E-state index in [0.717, 1.165) is 18.6 Å². The van der Waals surface area contributed by atoms with Gasteiger partial charge < -0.3 is 4.79 Å². The monoisotopic (exact) mass is 126 g/mol. The maximum atomic E-state index is 10.2. The summed E-state index contributed by atoms with van der Waals surface area (Å²) in [6.07, 6.45) is 6.30. The van der Waals surface area contributed by atoms with Crippen molar-refractivity contribution in [2.24, 2.45) is 11.8 Å². The van der Waals surface area contributed by atoms with Gasteiger partial charge in [-0.1, -0.05) is 26.2 Å². The largest absolute Gasteiger partial charge is 0.303 e. The first-order chi connectivity index (χ1) is 4.33. The Morgan fingerprint density at radius 3 is 2.67 bits per heavy atom. The van der Waals surface area contributed by atoms with E-state index in [0.29, 0.717) is 5.92 Å². The molecule has 0 bridgehead atoms. The topological polar surface area (TPSA) is 17.1 Å². The van der Waals surface area contributed by atoms with Crippen LogP contribution in [0, 0.1) is 11.8 Å². The predicted molar refractivity (Wildman–Crippen MR) is 37.2 cm³/mol. The van der Waals surface area contributed by atoms with E-state index in [9.17, 15) is 4.79 Å². The Hall–Kier alpha value is -0.330. The molecule has 0 aromatic carbocycles. The van der Waals surface area contributed by atoms with Crippen molar-refractivity contribution in [2.75, 3.05) is 0 Å². The number of carbonyl (C=O) groups excluding carboxylic acids is 1. The van der Waals surface area contributed by atoms with Crippen molar-refractivity contribution in [3.8, 4) is 0 Å². The Morgan fingerprint density at radius 2 is 2.33 bits per heavy atom. The van der Waals surface area contributed by atoms with Crippen molar-refractivity contribution in [1.82, 2.24) is 0 Å². The van der Waals surface area contributed by atoms with Gasteiger partial charge in [0.15, 0.2) is 0 Å². The zero-order valence-electron chi connectivity index (χ0n) is 5.97. The molecule has 0 aromatic rings. The number of aldehydes is 1. The average molecular weight is 126 g/mol. The van der Waals surface area contributed by atoms with E-state index in [-0.39, 0.29) is 0 Å². The van der Waals surface area contributed by atoms with Crippen LogP contribution in [0.15, 0.2) is 0 Å². The lowest BCUT2D eigenvalue weighted by molar-refractivity contribution is -0.111. The predicted octanol–water partition coefficient (Wildman–Crippen LogP) is 2.01. The van der Waals surface area contributed by atoms with Crippen molar-refractivity contribution in [3.05, 3.63) is 0 Å². The molecule has 1 fully saturated rings. The maximum Gasteiger partial charge on any atom is 0.122 e. The number of rotatable bonds is 3. The Balaban J connectivity index is 2.08. The molecule has 1 aliphatic carbocycles. The van der Waals surface area contributed by atoms with Crippen molar-refractivity contribution >= 4 is 6.29 Å². The van der Waals surface area contributed by atoms with Gasteiger partial charge in [-0.15, -0.1) is 0 Å². The highest BCUT2D eigenvalue weighted by Gasteiger charge is 2.19. The first-order valence-corrected chi connectivity index (χ1v) is 3.78. The zero-order valence-corrected chi connectivity index (χ0v) is 5.97. The summed E-state index contributed by atoms with van der Waals surface area (Å²) in [5, 5.41) is 0. The van der Waals surface area contributed by atoms with Crippen molar-refractivity contribution < 1.29 is 4.79 Å². The summed E-state index contributed by atoms with van der Waals surface area (Å²) in [6, 6.07) is 0. The van der Waals surface area contributed by atoms with E-state index >= 15 is 0 Å². The highest BCUT2D eigenvalue weighted by Crippen LogP contribution is 2.31. The fourth-order valence-electron chi connectivity index (χ4n) is 1.31. The minimum absolute atomic E-state index is 0.301. The van der Waals surface area contributed by atoms with Crippen LogP contribution < -0.4 is 0 Å². The Bertz CT molecular complexity index is 94.7. The van der Waals surface area contributed by atoms with Gasteiger partial charge in [-0.25, -0.2) is 0 Å². The molecule has 0 amide bonds. The van der Waals surface area contributed by atoms with Gasteiger partial charge >= 0.3 is 0 Å². The van der Waals surface area contributed by atoms with E-state index in [1.165, 1.54) is 19.3 Å². The highest BCUT2D eigenvalue weighted by molar-refractivity contribution is 5.52. The molecule has 0 aromatic heterocycles. The Labute approximate surface area is 56.4 Å². The van der Waals surface area contributed by atoms with Crippen LogP contribution in [0.5, 0.6) is 0 Å². The van der Waals surface area contributed by atoms with E-state index < -0.39 is 0 Å². The van der Waals surface area contributed by atoms with Crippen LogP contribution in [0.1, 0.15) is 32.6 Å². The summed E-state index contributed by atoms with van der Waals surface area (Å²) in [5.74, 6) is 1.18. The quantitative estimate of drug-likeness (QED) is 0.529. The summed E-state index contributed by atoms with van der Waals surface area (Å²) in [4.78, 5) is 10.2. The van der Waals surface area contributed by atoms with Crippen molar-refractivity contribution in [3.63, 3.8) is 0 Å². The van der Waals surface area contributed by atoms with Crippen LogP contribution in [0.25, 0.3) is 0 Å². The van der Waals surface area contributed by atoms with E-state index in [4.69, 9.17) is 0 Å². The van der Waals surface area contributed by atoms with Gasteiger partial charge in [0.25, 0.3) is 0 Å². The molecule has 1 aliphatic rings. The second kappa shape index (κ2) is 3.00. The van der Waals surface area contributed by atoms with Crippen LogP contribution in [0.3, 0.4) is 0 Å². The fourth-order valence-corrected chi connectivity index (χ4v) is 1.31. The van der Waals surface area contributed by atoms with Gasteiger partial charge in [-0.3, -0.25) is 0 Å². The van der Waals surface area contributed by atoms with Crippen molar-refractivity contribution in [2.45, 2.75) is 32.6 Å². The average Bonchev–Trinajstić information content (AvgIpc) is 1.78. The fraction of sp³-hybridized carbons (Fsp3) is 0.875. The molecular weight excluding hydrogens is 112 g/mol. The lowest BCUT2D eigenvalue weighted by Gasteiger charge is -2.26. The SMILES string of the molecule is CC(C=O)CC1CCC1. The molecule has 1 unspecified atom stereocenters. The molecule has 52 valence electrons. The molecule has 0 spiro atoms. The standard InChI is InChI=1S/C8H14O/c1-7(6-9)5-8-3-2-4-8/h6-8H,2-5H2,1H3. The summed E-state index contributed by atoms with van der Waals surface area (Å²) >= 11 is 0. The molecule has 9 heavy (non-hydrogen) atoms. The molecule has 1 nitrogen and oxygen atoms in total. The van der Waals surface area contributed by atoms with Crippen LogP contribution in [0.2, 0.25) is 0 Å². The molecule has 0 saturated heterocycles. The van der Waals surface area contributed by atoms with E-state index in [1.807, 2.05) is 6.92 Å². The molecular formula is C8H14O. The third-order valence-electron chi connectivity index (χ3n) is 2.16. The molecule has 0 N–H and O–H groups in total. The lowest BCUT2D eigenvalue weighted by atomic mass is 9.80. The van der Waals surface area contributed by atoms with Crippen LogP contribution in [-0.4, -0.2) is 6.29 Å². The number of hydrogen-bond acceptors (Lipinski definition) is 1. The first-order valence-electron chi connectivity index (χ1n) is 3.78. The minimum Gasteiger partial charge on any atom is -0.303 e.